The largest absolute Gasteiger partial charge is 0.368 e. The monoisotopic (exact) mass is 193 g/mol. The summed E-state index contributed by atoms with van der Waals surface area (Å²) in [4.78, 5) is 17.8. The van der Waals surface area contributed by atoms with Crippen LogP contribution in [0, 0.1) is 0 Å². The van der Waals surface area contributed by atoms with Crippen LogP contribution in [0.5, 0.6) is 0 Å². The van der Waals surface area contributed by atoms with E-state index in [4.69, 9.17) is 5.73 Å². The molecule has 0 spiro atoms. The summed E-state index contributed by atoms with van der Waals surface area (Å²) < 4.78 is 1.48. The molecule has 3 N–H and O–H groups in total. The van der Waals surface area contributed by atoms with E-state index in [1.165, 1.54) is 4.52 Å². The standard InChI is InChI=1S/C8H11N5O/c1-4(2)5-3-10-6-7(14)11-8(9)12-13(5)6/h3-4H,1-2H3,(H3,9,11,12,14). The molecule has 2 rings (SSSR count). The number of aromatic amines is 1. The van der Waals surface area contributed by atoms with Gasteiger partial charge >= 0.3 is 0 Å². The van der Waals surface area contributed by atoms with Crippen molar-refractivity contribution < 1.29 is 0 Å². The number of nitrogens with zero attached hydrogens (tertiary/aromatic N) is 3. The van der Waals surface area contributed by atoms with E-state index in [0.29, 0.717) is 0 Å². The fourth-order valence-electron chi connectivity index (χ4n) is 1.32. The molecule has 0 aliphatic heterocycles. The Kier molecular flexibility index (Phi) is 1.77. The van der Waals surface area contributed by atoms with E-state index >= 15 is 0 Å². The van der Waals surface area contributed by atoms with Gasteiger partial charge < -0.3 is 5.73 Å². The smallest absolute Gasteiger partial charge is 0.295 e. The number of fused-ring (bicyclic) bond motifs is 1. The van der Waals surface area contributed by atoms with E-state index in [9.17, 15) is 4.79 Å². The maximum absolute atomic E-state index is 11.4. The second-order valence-electron chi connectivity index (χ2n) is 3.41. The first-order valence-electron chi connectivity index (χ1n) is 4.33. The Morgan fingerprint density at radius 1 is 1.57 bits per heavy atom. The van der Waals surface area contributed by atoms with Gasteiger partial charge in [0.25, 0.3) is 5.56 Å². The SMILES string of the molecule is CC(C)c1cnc2c(=O)[nH]c(N)nn12. The molecule has 0 aromatic carbocycles. The molecule has 2 aromatic heterocycles. The molecule has 0 bridgehead atoms. The topological polar surface area (TPSA) is 89.1 Å². The van der Waals surface area contributed by atoms with Crippen LogP contribution in [0.4, 0.5) is 5.95 Å². The van der Waals surface area contributed by atoms with Crippen molar-refractivity contribution in [2.45, 2.75) is 19.8 Å². The van der Waals surface area contributed by atoms with Gasteiger partial charge in [0.15, 0.2) is 0 Å². The zero-order valence-electron chi connectivity index (χ0n) is 7.98. The van der Waals surface area contributed by atoms with Crippen molar-refractivity contribution in [3.8, 4) is 0 Å². The van der Waals surface area contributed by atoms with Crippen molar-refractivity contribution in [2.75, 3.05) is 5.73 Å². The van der Waals surface area contributed by atoms with E-state index in [2.05, 4.69) is 15.1 Å². The predicted octanol–water partition coefficient (Wildman–Crippen LogP) is 0.123. The molecule has 0 atom stereocenters. The number of H-pyrrole nitrogens is 1. The van der Waals surface area contributed by atoms with Gasteiger partial charge in [-0.05, 0) is 5.92 Å². The van der Waals surface area contributed by atoms with Gasteiger partial charge in [0, 0.05) is 0 Å². The minimum Gasteiger partial charge on any atom is -0.368 e. The summed E-state index contributed by atoms with van der Waals surface area (Å²) in [5, 5.41) is 3.99. The highest BCUT2D eigenvalue weighted by Gasteiger charge is 2.10. The summed E-state index contributed by atoms with van der Waals surface area (Å²) in [5.41, 5.74) is 6.28. The molecule has 0 aliphatic carbocycles. The van der Waals surface area contributed by atoms with Gasteiger partial charge in [-0.25, -0.2) is 9.50 Å². The summed E-state index contributed by atoms with van der Waals surface area (Å²) in [5.74, 6) is 0.348. The van der Waals surface area contributed by atoms with Crippen molar-refractivity contribution in [3.63, 3.8) is 0 Å². The lowest BCUT2D eigenvalue weighted by Gasteiger charge is -2.02. The number of imidazole rings is 1. The Hall–Kier alpha value is -1.85. The quantitative estimate of drug-likeness (QED) is 0.673. The van der Waals surface area contributed by atoms with Crippen LogP contribution in [0.25, 0.3) is 5.65 Å². The number of aromatic nitrogens is 4. The zero-order valence-corrected chi connectivity index (χ0v) is 7.98. The molecule has 6 nitrogen and oxygen atoms in total. The maximum Gasteiger partial charge on any atom is 0.295 e. The zero-order chi connectivity index (χ0) is 10.3. The van der Waals surface area contributed by atoms with Gasteiger partial charge in [-0.3, -0.25) is 9.78 Å². The summed E-state index contributed by atoms with van der Waals surface area (Å²) in [6.45, 7) is 4.00. The highest BCUT2D eigenvalue weighted by molar-refractivity contribution is 5.38. The average Bonchev–Trinajstić information content (AvgIpc) is 2.47. The van der Waals surface area contributed by atoms with Crippen LogP contribution in [0.2, 0.25) is 0 Å². The Labute approximate surface area is 79.8 Å². The summed E-state index contributed by atoms with van der Waals surface area (Å²) in [6, 6.07) is 0. The van der Waals surface area contributed by atoms with Gasteiger partial charge in [0.05, 0.1) is 11.9 Å². The molecule has 0 unspecified atom stereocenters. The molecule has 2 heterocycles. The van der Waals surface area contributed by atoms with Crippen molar-refractivity contribution >= 4 is 11.6 Å². The van der Waals surface area contributed by atoms with Crippen LogP contribution < -0.4 is 11.3 Å². The van der Waals surface area contributed by atoms with Gasteiger partial charge in [0.2, 0.25) is 11.6 Å². The van der Waals surface area contributed by atoms with Gasteiger partial charge in [-0.15, -0.1) is 5.10 Å². The van der Waals surface area contributed by atoms with Crippen molar-refractivity contribution in [1.82, 2.24) is 19.6 Å². The molecule has 0 saturated carbocycles. The van der Waals surface area contributed by atoms with Gasteiger partial charge in [-0.1, -0.05) is 13.8 Å². The number of nitrogen functional groups attached to an aromatic ring is 1. The molecule has 0 radical (unpaired) electrons. The summed E-state index contributed by atoms with van der Waals surface area (Å²) in [6.07, 6.45) is 1.64. The highest BCUT2D eigenvalue weighted by Crippen LogP contribution is 2.13. The first kappa shape index (κ1) is 8.74. The van der Waals surface area contributed by atoms with Gasteiger partial charge in [0.1, 0.15) is 0 Å². The molecule has 0 saturated heterocycles. The second-order valence-corrected chi connectivity index (χ2v) is 3.41. The molecule has 2 aromatic rings. The number of hydrogen-bond acceptors (Lipinski definition) is 4. The molecule has 0 aliphatic rings. The average molecular weight is 193 g/mol. The van der Waals surface area contributed by atoms with E-state index in [1.54, 1.807) is 6.20 Å². The van der Waals surface area contributed by atoms with E-state index < -0.39 is 0 Å². The molecule has 0 amide bonds. The lowest BCUT2D eigenvalue weighted by molar-refractivity contribution is 0.752. The van der Waals surface area contributed by atoms with Crippen molar-refractivity contribution in [3.05, 3.63) is 22.2 Å². The third-order valence-corrected chi connectivity index (χ3v) is 2.01. The molecule has 0 fully saturated rings. The minimum atomic E-state index is -0.315. The summed E-state index contributed by atoms with van der Waals surface area (Å²) >= 11 is 0. The molecule has 6 heteroatoms. The second kappa shape index (κ2) is 2.83. The fraction of sp³-hybridized carbons (Fsp3) is 0.375. The third kappa shape index (κ3) is 1.15. The first-order valence-corrected chi connectivity index (χ1v) is 4.33. The van der Waals surface area contributed by atoms with E-state index in [-0.39, 0.29) is 23.1 Å². The number of hydrogen-bond donors (Lipinski definition) is 2. The van der Waals surface area contributed by atoms with E-state index in [1.807, 2.05) is 13.8 Å². The fourth-order valence-corrected chi connectivity index (χ4v) is 1.32. The van der Waals surface area contributed by atoms with Crippen molar-refractivity contribution in [2.24, 2.45) is 0 Å². The highest BCUT2D eigenvalue weighted by atomic mass is 16.1. The van der Waals surface area contributed by atoms with Crippen LogP contribution in [0.15, 0.2) is 11.0 Å². The Balaban J connectivity index is 2.85. The molecular formula is C8H11N5O. The summed E-state index contributed by atoms with van der Waals surface area (Å²) in [7, 11) is 0. The van der Waals surface area contributed by atoms with Crippen LogP contribution in [0.1, 0.15) is 25.5 Å². The first-order chi connectivity index (χ1) is 6.59. The van der Waals surface area contributed by atoms with Crippen LogP contribution in [0.3, 0.4) is 0 Å². The molecule has 74 valence electrons. The number of nitrogens with one attached hydrogen (secondary N) is 1. The van der Waals surface area contributed by atoms with Crippen LogP contribution in [-0.2, 0) is 0 Å². The normalized spacial score (nSPS) is 11.4. The van der Waals surface area contributed by atoms with Crippen LogP contribution in [-0.4, -0.2) is 19.6 Å². The van der Waals surface area contributed by atoms with E-state index in [0.717, 1.165) is 5.69 Å². The maximum atomic E-state index is 11.4. The number of nitrogens with two attached hydrogens (primary N) is 1. The van der Waals surface area contributed by atoms with Crippen molar-refractivity contribution in [1.29, 1.82) is 0 Å². The minimum absolute atomic E-state index is 0.0994. The Morgan fingerprint density at radius 2 is 2.29 bits per heavy atom. The lowest BCUT2D eigenvalue weighted by atomic mass is 10.2. The Bertz CT molecular complexity index is 524. The number of rotatable bonds is 1. The Morgan fingerprint density at radius 3 is 2.93 bits per heavy atom. The predicted molar refractivity (Wildman–Crippen MR) is 52.1 cm³/mol. The third-order valence-electron chi connectivity index (χ3n) is 2.01. The van der Waals surface area contributed by atoms with Gasteiger partial charge in [-0.2, -0.15) is 0 Å². The number of anilines is 1. The van der Waals surface area contributed by atoms with Crippen LogP contribution >= 0.6 is 0 Å². The molecule has 14 heavy (non-hydrogen) atoms. The molecular weight excluding hydrogens is 182 g/mol. The lowest BCUT2D eigenvalue weighted by Crippen LogP contribution is -2.16.